The minimum absolute atomic E-state index is 0.00579. The highest BCUT2D eigenvalue weighted by Crippen LogP contribution is 2.27. The highest BCUT2D eigenvalue weighted by atomic mass is 16.4. The van der Waals surface area contributed by atoms with E-state index in [-0.39, 0.29) is 12.5 Å². The van der Waals surface area contributed by atoms with Crippen LogP contribution < -0.4 is 11.5 Å². The molecule has 0 aromatic heterocycles. The second-order valence-electron chi connectivity index (χ2n) is 3.66. The Balaban J connectivity index is 2.59. The van der Waals surface area contributed by atoms with Crippen LogP contribution in [0.5, 0.6) is 0 Å². The van der Waals surface area contributed by atoms with Crippen LogP contribution in [0.25, 0.3) is 0 Å². The van der Waals surface area contributed by atoms with E-state index in [1.807, 2.05) is 0 Å². The average Bonchev–Trinajstić information content (AvgIpc) is 1.94. The summed E-state index contributed by atoms with van der Waals surface area (Å²) >= 11 is 0. The van der Waals surface area contributed by atoms with Gasteiger partial charge in [-0.15, -0.1) is 0 Å². The Hall–Kier alpha value is -0.610. The van der Waals surface area contributed by atoms with E-state index < -0.39 is 11.5 Å². The Morgan fingerprint density at radius 2 is 2.25 bits per heavy atom. The monoisotopic (exact) mass is 172 g/mol. The van der Waals surface area contributed by atoms with Crippen molar-refractivity contribution in [3.63, 3.8) is 0 Å². The number of carboxylic acid groups (broad SMARTS) is 1. The summed E-state index contributed by atoms with van der Waals surface area (Å²) in [5.41, 5.74) is 11.0. The molecule has 4 nitrogen and oxygen atoms in total. The summed E-state index contributed by atoms with van der Waals surface area (Å²) < 4.78 is 0. The van der Waals surface area contributed by atoms with Crippen LogP contribution in [-0.4, -0.2) is 22.7 Å². The van der Waals surface area contributed by atoms with Gasteiger partial charge >= 0.3 is 5.97 Å². The zero-order valence-corrected chi connectivity index (χ0v) is 7.12. The average molecular weight is 172 g/mol. The Morgan fingerprint density at radius 3 is 2.75 bits per heavy atom. The summed E-state index contributed by atoms with van der Waals surface area (Å²) in [7, 11) is 0. The molecule has 70 valence electrons. The molecule has 0 aliphatic heterocycles. The number of hydrogen-bond acceptors (Lipinski definition) is 3. The molecule has 0 radical (unpaired) electrons. The van der Waals surface area contributed by atoms with Crippen molar-refractivity contribution in [3.05, 3.63) is 0 Å². The second-order valence-corrected chi connectivity index (χ2v) is 3.66. The summed E-state index contributed by atoms with van der Waals surface area (Å²) in [4.78, 5) is 10.5. The highest BCUT2D eigenvalue weighted by molar-refractivity contribution is 5.68. The van der Waals surface area contributed by atoms with Crippen molar-refractivity contribution >= 4 is 5.97 Å². The minimum Gasteiger partial charge on any atom is -0.481 e. The molecule has 0 saturated heterocycles. The summed E-state index contributed by atoms with van der Waals surface area (Å²) in [6.07, 6.45) is 3.65. The van der Waals surface area contributed by atoms with Crippen molar-refractivity contribution in [1.29, 1.82) is 0 Å². The number of carboxylic acids is 1. The Morgan fingerprint density at radius 1 is 1.58 bits per heavy atom. The maximum atomic E-state index is 10.5. The first kappa shape index (κ1) is 9.48. The molecular weight excluding hydrogens is 156 g/mol. The van der Waals surface area contributed by atoms with Crippen LogP contribution in [0.3, 0.4) is 0 Å². The molecule has 0 bridgehead atoms. The maximum absolute atomic E-state index is 10.5. The molecule has 0 amide bonds. The fourth-order valence-electron chi connectivity index (χ4n) is 1.79. The van der Waals surface area contributed by atoms with Crippen molar-refractivity contribution in [2.75, 3.05) is 0 Å². The quantitative estimate of drug-likeness (QED) is 0.549. The first-order chi connectivity index (χ1) is 5.54. The van der Waals surface area contributed by atoms with Gasteiger partial charge in [-0.3, -0.25) is 4.79 Å². The lowest BCUT2D eigenvalue weighted by molar-refractivity contribution is -0.138. The molecule has 1 rings (SSSR count). The maximum Gasteiger partial charge on any atom is 0.305 e. The third kappa shape index (κ3) is 1.95. The zero-order valence-electron chi connectivity index (χ0n) is 7.12. The van der Waals surface area contributed by atoms with Crippen LogP contribution in [0.1, 0.15) is 32.1 Å². The third-order valence-electron chi connectivity index (χ3n) is 2.63. The molecule has 0 spiro atoms. The van der Waals surface area contributed by atoms with Gasteiger partial charge in [0, 0.05) is 11.6 Å². The predicted molar refractivity (Wildman–Crippen MR) is 45.6 cm³/mol. The Labute approximate surface area is 71.9 Å². The SMILES string of the molecule is N[C@@H]1CCCC[C@@]1(N)CC(=O)O. The van der Waals surface area contributed by atoms with Crippen LogP contribution in [0.4, 0.5) is 0 Å². The van der Waals surface area contributed by atoms with Crippen molar-refractivity contribution < 1.29 is 9.90 Å². The molecule has 1 aliphatic rings. The summed E-state index contributed by atoms with van der Waals surface area (Å²) in [5.74, 6) is -0.852. The predicted octanol–water partition coefficient (Wildman–Crippen LogP) is 0.0599. The van der Waals surface area contributed by atoms with E-state index >= 15 is 0 Å². The number of nitrogens with two attached hydrogens (primary N) is 2. The summed E-state index contributed by atoms with van der Waals surface area (Å²) in [5, 5.41) is 8.61. The van der Waals surface area contributed by atoms with Gasteiger partial charge in [-0.1, -0.05) is 12.8 Å². The molecule has 0 aromatic carbocycles. The van der Waals surface area contributed by atoms with Gasteiger partial charge in [-0.25, -0.2) is 0 Å². The van der Waals surface area contributed by atoms with Gasteiger partial charge in [0.2, 0.25) is 0 Å². The zero-order chi connectivity index (χ0) is 9.19. The smallest absolute Gasteiger partial charge is 0.305 e. The minimum atomic E-state index is -0.852. The number of hydrogen-bond donors (Lipinski definition) is 3. The van der Waals surface area contributed by atoms with Gasteiger partial charge < -0.3 is 16.6 Å². The molecule has 1 saturated carbocycles. The van der Waals surface area contributed by atoms with Crippen molar-refractivity contribution in [2.24, 2.45) is 11.5 Å². The lowest BCUT2D eigenvalue weighted by Crippen LogP contribution is -2.58. The van der Waals surface area contributed by atoms with Crippen molar-refractivity contribution in [3.8, 4) is 0 Å². The van der Waals surface area contributed by atoms with Crippen LogP contribution in [0.2, 0.25) is 0 Å². The first-order valence-corrected chi connectivity index (χ1v) is 4.31. The second kappa shape index (κ2) is 3.41. The van der Waals surface area contributed by atoms with E-state index in [0.29, 0.717) is 0 Å². The lowest BCUT2D eigenvalue weighted by atomic mass is 9.76. The molecule has 1 aliphatic carbocycles. The van der Waals surface area contributed by atoms with Gasteiger partial charge in [-0.05, 0) is 12.8 Å². The molecule has 12 heavy (non-hydrogen) atoms. The fraction of sp³-hybridized carbons (Fsp3) is 0.875. The van der Waals surface area contributed by atoms with Gasteiger partial charge in [-0.2, -0.15) is 0 Å². The van der Waals surface area contributed by atoms with Crippen molar-refractivity contribution in [2.45, 2.75) is 43.7 Å². The fourth-order valence-corrected chi connectivity index (χ4v) is 1.79. The number of rotatable bonds is 2. The van der Waals surface area contributed by atoms with Gasteiger partial charge in [0.25, 0.3) is 0 Å². The van der Waals surface area contributed by atoms with E-state index in [2.05, 4.69) is 0 Å². The number of aliphatic carboxylic acids is 1. The van der Waals surface area contributed by atoms with E-state index in [1.165, 1.54) is 0 Å². The Bertz CT molecular complexity index is 184. The van der Waals surface area contributed by atoms with Gasteiger partial charge in [0.15, 0.2) is 0 Å². The van der Waals surface area contributed by atoms with Gasteiger partial charge in [0.1, 0.15) is 0 Å². The van der Waals surface area contributed by atoms with E-state index in [0.717, 1.165) is 25.7 Å². The topological polar surface area (TPSA) is 89.3 Å². The molecule has 0 heterocycles. The van der Waals surface area contributed by atoms with E-state index in [4.69, 9.17) is 16.6 Å². The van der Waals surface area contributed by atoms with Crippen LogP contribution in [0, 0.1) is 0 Å². The van der Waals surface area contributed by atoms with E-state index in [1.54, 1.807) is 0 Å². The van der Waals surface area contributed by atoms with E-state index in [9.17, 15) is 4.79 Å². The molecule has 0 unspecified atom stereocenters. The van der Waals surface area contributed by atoms with Crippen LogP contribution in [-0.2, 0) is 4.79 Å². The molecule has 1 fully saturated rings. The van der Waals surface area contributed by atoms with Gasteiger partial charge in [0.05, 0.1) is 6.42 Å². The standard InChI is InChI=1S/C8H16N2O2/c9-6-3-1-2-4-8(6,10)5-7(11)12/h6H,1-5,9-10H2,(H,11,12)/t6-,8-/m1/s1. The molecule has 4 heteroatoms. The largest absolute Gasteiger partial charge is 0.481 e. The summed E-state index contributed by atoms with van der Waals surface area (Å²) in [6, 6.07) is -0.151. The van der Waals surface area contributed by atoms with Crippen LogP contribution >= 0.6 is 0 Å². The first-order valence-electron chi connectivity index (χ1n) is 4.31. The normalized spacial score (nSPS) is 36.3. The molecule has 5 N–H and O–H groups in total. The van der Waals surface area contributed by atoms with Crippen molar-refractivity contribution in [1.82, 2.24) is 0 Å². The van der Waals surface area contributed by atoms with Crippen LogP contribution in [0.15, 0.2) is 0 Å². The lowest BCUT2D eigenvalue weighted by Gasteiger charge is -2.37. The third-order valence-corrected chi connectivity index (χ3v) is 2.63. The Kier molecular flexibility index (Phi) is 2.69. The molecule has 2 atom stereocenters. The molecular formula is C8H16N2O2. The highest BCUT2D eigenvalue weighted by Gasteiger charge is 2.36. The number of carbonyl (C=O) groups is 1. The summed E-state index contributed by atoms with van der Waals surface area (Å²) in [6.45, 7) is 0. The molecule has 0 aromatic rings.